The maximum Gasteiger partial charge on any atom is 0.418 e. The average molecular weight is 211 g/mol. The molecule has 0 fully saturated rings. The van der Waals surface area contributed by atoms with Crippen LogP contribution in [0.4, 0.5) is 13.2 Å². The van der Waals surface area contributed by atoms with Crippen LogP contribution < -0.4 is 0 Å². The number of nitrogens with zero attached hydrogens (tertiary/aromatic N) is 2. The Morgan fingerprint density at radius 1 is 1.20 bits per heavy atom. The molecule has 0 saturated carbocycles. The van der Waals surface area contributed by atoms with Gasteiger partial charge in [0.25, 0.3) is 0 Å². The molecule has 1 aromatic heterocycles. The van der Waals surface area contributed by atoms with Gasteiger partial charge in [-0.3, -0.25) is 0 Å². The van der Waals surface area contributed by atoms with Crippen molar-refractivity contribution in [2.75, 3.05) is 0 Å². The van der Waals surface area contributed by atoms with E-state index >= 15 is 0 Å². The van der Waals surface area contributed by atoms with Gasteiger partial charge in [0.15, 0.2) is 0 Å². The lowest BCUT2D eigenvalue weighted by Gasteiger charge is -2.11. The first kappa shape index (κ1) is 9.76. The summed E-state index contributed by atoms with van der Waals surface area (Å²) in [5, 5.41) is 3.72. The van der Waals surface area contributed by atoms with Crippen LogP contribution in [-0.4, -0.2) is 9.78 Å². The smallest absolute Gasteiger partial charge is 0.240 e. The van der Waals surface area contributed by atoms with E-state index in [0.717, 1.165) is 10.7 Å². The standard InChI is InChI=1S/C10H6F3N2/c11-10(12,13)8-4-1-2-5-9(8)15-7-3-6-14-15/h1-2,4-7H. The number of hydrogen-bond donors (Lipinski definition) is 0. The molecule has 0 atom stereocenters. The molecule has 2 rings (SSSR count). The van der Waals surface area contributed by atoms with Crippen LogP contribution in [0.3, 0.4) is 0 Å². The van der Waals surface area contributed by atoms with Gasteiger partial charge < -0.3 is 0 Å². The van der Waals surface area contributed by atoms with Gasteiger partial charge in [-0.05, 0) is 12.1 Å². The molecule has 77 valence electrons. The average Bonchev–Trinajstić information content (AvgIpc) is 2.69. The van der Waals surface area contributed by atoms with Crippen LogP contribution in [0.5, 0.6) is 0 Å². The van der Waals surface area contributed by atoms with E-state index < -0.39 is 11.7 Å². The van der Waals surface area contributed by atoms with Crippen molar-refractivity contribution < 1.29 is 13.2 Å². The van der Waals surface area contributed by atoms with E-state index in [9.17, 15) is 13.2 Å². The van der Waals surface area contributed by atoms with Crippen molar-refractivity contribution in [2.24, 2.45) is 0 Å². The molecule has 1 radical (unpaired) electrons. The molecule has 5 heteroatoms. The molecule has 0 saturated heterocycles. The van der Waals surface area contributed by atoms with E-state index in [2.05, 4.69) is 11.2 Å². The molecule has 0 spiro atoms. The zero-order valence-electron chi connectivity index (χ0n) is 7.49. The third-order valence-electron chi connectivity index (χ3n) is 1.91. The van der Waals surface area contributed by atoms with Gasteiger partial charge in [-0.25, -0.2) is 4.68 Å². The monoisotopic (exact) mass is 211 g/mol. The first-order valence-corrected chi connectivity index (χ1v) is 4.16. The molecule has 0 unspecified atom stereocenters. The minimum Gasteiger partial charge on any atom is -0.240 e. The van der Waals surface area contributed by atoms with Crippen molar-refractivity contribution in [1.29, 1.82) is 0 Å². The highest BCUT2D eigenvalue weighted by atomic mass is 19.4. The molecule has 2 nitrogen and oxygen atoms in total. The van der Waals surface area contributed by atoms with Crippen molar-refractivity contribution in [1.82, 2.24) is 9.78 Å². The quantitative estimate of drug-likeness (QED) is 0.709. The number of para-hydroxylation sites is 1. The van der Waals surface area contributed by atoms with Crippen molar-refractivity contribution in [3.8, 4) is 5.69 Å². The molecule has 0 aliphatic rings. The zero-order valence-corrected chi connectivity index (χ0v) is 7.49. The third kappa shape index (κ3) is 1.86. The Balaban J connectivity index is 2.58. The van der Waals surface area contributed by atoms with Crippen LogP contribution in [0, 0.1) is 6.07 Å². The predicted octanol–water partition coefficient (Wildman–Crippen LogP) is 2.69. The Labute approximate surface area is 84.0 Å². The second kappa shape index (κ2) is 3.42. The fourth-order valence-electron chi connectivity index (χ4n) is 1.28. The lowest BCUT2D eigenvalue weighted by atomic mass is 10.2. The summed E-state index contributed by atoms with van der Waals surface area (Å²) in [6, 6.07) is 7.86. The SMILES string of the molecule is FC(F)(F)c1ccccc1-n1c[c]cn1. The summed E-state index contributed by atoms with van der Waals surface area (Å²) in [5.41, 5.74) is -0.701. The molecule has 0 amide bonds. The highest BCUT2D eigenvalue weighted by Crippen LogP contribution is 2.33. The fraction of sp³-hybridized carbons (Fsp3) is 0.100. The molecule has 0 bridgehead atoms. The van der Waals surface area contributed by atoms with E-state index in [1.807, 2.05) is 0 Å². The lowest BCUT2D eigenvalue weighted by molar-refractivity contribution is -0.137. The fourth-order valence-corrected chi connectivity index (χ4v) is 1.28. The van der Waals surface area contributed by atoms with E-state index in [1.165, 1.54) is 30.6 Å². The summed E-state index contributed by atoms with van der Waals surface area (Å²) in [6.45, 7) is 0. The van der Waals surface area contributed by atoms with Crippen LogP contribution in [0.2, 0.25) is 0 Å². The highest BCUT2D eigenvalue weighted by molar-refractivity contribution is 5.41. The molecular weight excluding hydrogens is 205 g/mol. The van der Waals surface area contributed by atoms with Crippen molar-refractivity contribution in [2.45, 2.75) is 6.18 Å². The van der Waals surface area contributed by atoms with Gasteiger partial charge in [-0.1, -0.05) is 12.1 Å². The summed E-state index contributed by atoms with van der Waals surface area (Å²) >= 11 is 0. The third-order valence-corrected chi connectivity index (χ3v) is 1.91. The first-order chi connectivity index (χ1) is 7.09. The maximum absolute atomic E-state index is 12.6. The van der Waals surface area contributed by atoms with Gasteiger partial charge in [0, 0.05) is 12.3 Å². The Kier molecular flexibility index (Phi) is 2.22. The van der Waals surface area contributed by atoms with Crippen LogP contribution in [0.25, 0.3) is 5.69 Å². The molecule has 15 heavy (non-hydrogen) atoms. The predicted molar refractivity (Wildman–Crippen MR) is 47.4 cm³/mol. The molecule has 2 aromatic rings. The number of aromatic nitrogens is 2. The molecule has 0 aliphatic heterocycles. The van der Waals surface area contributed by atoms with Crippen molar-refractivity contribution in [3.63, 3.8) is 0 Å². The van der Waals surface area contributed by atoms with Crippen molar-refractivity contribution >= 4 is 0 Å². The Morgan fingerprint density at radius 2 is 1.93 bits per heavy atom. The summed E-state index contributed by atoms with van der Waals surface area (Å²) in [4.78, 5) is 0. The molecule has 0 N–H and O–H groups in total. The summed E-state index contributed by atoms with van der Waals surface area (Å²) in [7, 11) is 0. The largest absolute Gasteiger partial charge is 0.418 e. The maximum atomic E-state index is 12.6. The van der Waals surface area contributed by atoms with E-state index in [0.29, 0.717) is 0 Å². The van der Waals surface area contributed by atoms with Crippen LogP contribution >= 0.6 is 0 Å². The second-order valence-corrected chi connectivity index (χ2v) is 2.90. The molecular formula is C10H6F3N2. The van der Waals surface area contributed by atoms with Crippen LogP contribution in [-0.2, 0) is 6.18 Å². The number of halogens is 3. The van der Waals surface area contributed by atoms with Crippen molar-refractivity contribution in [3.05, 3.63) is 48.3 Å². The summed E-state index contributed by atoms with van der Waals surface area (Å²) in [6.07, 6.45) is -1.71. The zero-order chi connectivity index (χ0) is 10.9. The lowest BCUT2D eigenvalue weighted by Crippen LogP contribution is -2.10. The minimum absolute atomic E-state index is 0.00579. The molecule has 1 heterocycles. The van der Waals surface area contributed by atoms with Gasteiger partial charge in [0.05, 0.1) is 17.4 Å². The number of rotatable bonds is 1. The van der Waals surface area contributed by atoms with Crippen LogP contribution in [0.15, 0.2) is 36.7 Å². The second-order valence-electron chi connectivity index (χ2n) is 2.90. The number of benzene rings is 1. The Bertz CT molecular complexity index is 446. The number of hydrogen-bond acceptors (Lipinski definition) is 1. The normalized spacial score (nSPS) is 11.7. The topological polar surface area (TPSA) is 17.8 Å². The summed E-state index contributed by atoms with van der Waals surface area (Å²) in [5.74, 6) is 0. The van der Waals surface area contributed by atoms with Gasteiger partial charge in [-0.2, -0.15) is 18.3 Å². The van der Waals surface area contributed by atoms with Gasteiger partial charge in [0.2, 0.25) is 0 Å². The van der Waals surface area contributed by atoms with E-state index in [-0.39, 0.29) is 5.69 Å². The molecule has 0 aliphatic carbocycles. The first-order valence-electron chi connectivity index (χ1n) is 4.16. The number of alkyl halides is 3. The van der Waals surface area contributed by atoms with Gasteiger partial charge >= 0.3 is 6.18 Å². The summed E-state index contributed by atoms with van der Waals surface area (Å²) < 4.78 is 38.9. The van der Waals surface area contributed by atoms with E-state index in [4.69, 9.17) is 0 Å². The van der Waals surface area contributed by atoms with Gasteiger partial charge in [-0.15, -0.1) is 0 Å². The Hall–Kier alpha value is -1.78. The highest BCUT2D eigenvalue weighted by Gasteiger charge is 2.33. The Morgan fingerprint density at radius 3 is 2.53 bits per heavy atom. The van der Waals surface area contributed by atoms with Crippen LogP contribution in [0.1, 0.15) is 5.56 Å². The van der Waals surface area contributed by atoms with E-state index in [1.54, 1.807) is 0 Å². The minimum atomic E-state index is -4.37. The van der Waals surface area contributed by atoms with Gasteiger partial charge in [0.1, 0.15) is 0 Å². The molecule has 1 aromatic carbocycles.